The molecule has 17 heavy (non-hydrogen) atoms. The summed E-state index contributed by atoms with van der Waals surface area (Å²) >= 11 is 0. The van der Waals surface area contributed by atoms with Crippen LogP contribution in [0.5, 0.6) is 0 Å². The summed E-state index contributed by atoms with van der Waals surface area (Å²) in [6.45, 7) is 6.37. The normalized spacial score (nSPS) is 23.5. The quantitative estimate of drug-likeness (QED) is 0.740. The van der Waals surface area contributed by atoms with Gasteiger partial charge in [-0.3, -0.25) is 9.59 Å². The lowest BCUT2D eigenvalue weighted by Crippen LogP contribution is -2.44. The summed E-state index contributed by atoms with van der Waals surface area (Å²) in [5.41, 5.74) is 0. The van der Waals surface area contributed by atoms with Crippen LogP contribution in [0.15, 0.2) is 0 Å². The maximum absolute atomic E-state index is 12.3. The van der Waals surface area contributed by atoms with E-state index in [0.29, 0.717) is 12.5 Å². The first-order chi connectivity index (χ1) is 7.97. The van der Waals surface area contributed by atoms with Gasteiger partial charge >= 0.3 is 0 Å². The number of likely N-dealkylation sites (N-methyl/N-ethyl adjacent to an activating group) is 2. The Labute approximate surface area is 103 Å². The van der Waals surface area contributed by atoms with E-state index in [-0.39, 0.29) is 24.3 Å². The van der Waals surface area contributed by atoms with Crippen molar-refractivity contribution in [2.75, 3.05) is 40.3 Å². The van der Waals surface area contributed by atoms with Crippen molar-refractivity contribution in [1.29, 1.82) is 0 Å². The molecule has 98 valence electrons. The second-order valence-corrected chi connectivity index (χ2v) is 4.88. The molecule has 2 amide bonds. The molecule has 0 aromatic rings. The second kappa shape index (κ2) is 6.00. The minimum absolute atomic E-state index is 0.0184. The number of hydrogen-bond donors (Lipinski definition) is 1. The van der Waals surface area contributed by atoms with Crippen molar-refractivity contribution in [3.8, 4) is 0 Å². The van der Waals surface area contributed by atoms with Crippen LogP contribution in [0.25, 0.3) is 0 Å². The number of hydrogen-bond acceptors (Lipinski definition) is 3. The monoisotopic (exact) mass is 241 g/mol. The average molecular weight is 241 g/mol. The molecule has 0 radical (unpaired) electrons. The van der Waals surface area contributed by atoms with E-state index in [0.717, 1.165) is 13.1 Å². The van der Waals surface area contributed by atoms with Crippen LogP contribution in [-0.4, -0.2) is 61.9 Å². The van der Waals surface area contributed by atoms with Crippen molar-refractivity contribution in [3.63, 3.8) is 0 Å². The number of nitrogens with one attached hydrogen (secondary N) is 1. The summed E-state index contributed by atoms with van der Waals surface area (Å²) in [4.78, 5) is 27.1. The van der Waals surface area contributed by atoms with Crippen molar-refractivity contribution in [1.82, 2.24) is 15.1 Å². The first-order valence-electron chi connectivity index (χ1n) is 6.17. The van der Waals surface area contributed by atoms with E-state index in [1.807, 2.05) is 6.92 Å². The predicted octanol–water partition coefficient (Wildman–Crippen LogP) is -0.221. The lowest BCUT2D eigenvalue weighted by Gasteiger charge is -2.26. The number of rotatable bonds is 4. The first kappa shape index (κ1) is 14.0. The average Bonchev–Trinajstić information content (AvgIpc) is 2.70. The van der Waals surface area contributed by atoms with E-state index in [1.165, 1.54) is 4.90 Å². The highest BCUT2D eigenvalue weighted by atomic mass is 16.2. The third-order valence-corrected chi connectivity index (χ3v) is 3.35. The van der Waals surface area contributed by atoms with Gasteiger partial charge in [-0.15, -0.1) is 0 Å². The lowest BCUT2D eigenvalue weighted by molar-refractivity contribution is -0.142. The number of carbonyl (C=O) groups excluding carboxylic acids is 2. The molecule has 0 bridgehead atoms. The zero-order valence-electron chi connectivity index (χ0n) is 11.2. The molecule has 1 aliphatic rings. The van der Waals surface area contributed by atoms with Gasteiger partial charge in [-0.25, -0.2) is 0 Å². The molecule has 0 spiro atoms. The molecule has 0 unspecified atom stereocenters. The molecule has 1 saturated heterocycles. The summed E-state index contributed by atoms with van der Waals surface area (Å²) in [6, 6.07) is 0. The Kier molecular flexibility index (Phi) is 4.93. The molecular formula is C12H23N3O2. The third-order valence-electron chi connectivity index (χ3n) is 3.35. The van der Waals surface area contributed by atoms with Gasteiger partial charge in [0.25, 0.3) is 0 Å². The molecule has 5 heteroatoms. The summed E-state index contributed by atoms with van der Waals surface area (Å²) in [7, 11) is 3.42. The zero-order chi connectivity index (χ0) is 13.0. The highest BCUT2D eigenvalue weighted by Crippen LogP contribution is 2.18. The van der Waals surface area contributed by atoms with E-state index in [1.54, 1.807) is 19.0 Å². The molecule has 1 heterocycles. The van der Waals surface area contributed by atoms with Crippen LogP contribution in [-0.2, 0) is 9.59 Å². The molecule has 0 aromatic heterocycles. The van der Waals surface area contributed by atoms with E-state index >= 15 is 0 Å². The third kappa shape index (κ3) is 3.43. The highest BCUT2D eigenvalue weighted by molar-refractivity contribution is 5.86. The fourth-order valence-corrected chi connectivity index (χ4v) is 2.03. The van der Waals surface area contributed by atoms with Crippen LogP contribution in [0.1, 0.15) is 13.8 Å². The van der Waals surface area contributed by atoms with E-state index in [2.05, 4.69) is 12.2 Å². The molecule has 1 fully saturated rings. The van der Waals surface area contributed by atoms with E-state index < -0.39 is 0 Å². The Hall–Kier alpha value is -1.10. The number of nitrogens with zero attached hydrogens (tertiary/aromatic N) is 2. The van der Waals surface area contributed by atoms with E-state index in [4.69, 9.17) is 0 Å². The number of carbonyl (C=O) groups is 2. The minimum atomic E-state index is -0.0289. The molecule has 5 nitrogen and oxygen atoms in total. The Morgan fingerprint density at radius 1 is 1.29 bits per heavy atom. The van der Waals surface area contributed by atoms with Crippen molar-refractivity contribution >= 4 is 11.8 Å². The maximum atomic E-state index is 12.3. The van der Waals surface area contributed by atoms with Gasteiger partial charge in [0.1, 0.15) is 0 Å². The van der Waals surface area contributed by atoms with Crippen LogP contribution in [0.3, 0.4) is 0 Å². The lowest BCUT2D eigenvalue weighted by atomic mass is 9.96. The van der Waals surface area contributed by atoms with Crippen LogP contribution in [0, 0.1) is 11.8 Å². The van der Waals surface area contributed by atoms with Gasteiger partial charge < -0.3 is 15.1 Å². The summed E-state index contributed by atoms with van der Waals surface area (Å²) in [5.74, 6) is 0.440. The van der Waals surface area contributed by atoms with Gasteiger partial charge in [0.15, 0.2) is 0 Å². The van der Waals surface area contributed by atoms with Gasteiger partial charge in [-0.1, -0.05) is 6.92 Å². The van der Waals surface area contributed by atoms with Crippen molar-refractivity contribution < 1.29 is 9.59 Å². The van der Waals surface area contributed by atoms with Crippen molar-refractivity contribution in [3.05, 3.63) is 0 Å². The molecule has 2 atom stereocenters. The predicted molar refractivity (Wildman–Crippen MR) is 66.5 cm³/mol. The van der Waals surface area contributed by atoms with Gasteiger partial charge in [-0.2, -0.15) is 0 Å². The van der Waals surface area contributed by atoms with Crippen LogP contribution in [0.2, 0.25) is 0 Å². The Balaban J connectivity index is 2.60. The standard InChI is InChI=1S/C12H23N3O2/c1-5-15(8-11(16)14(3)4)12(17)10-7-13-6-9(10)2/h9-10,13H,5-8H2,1-4H3/t9-,10-/m1/s1. The highest BCUT2D eigenvalue weighted by Gasteiger charge is 2.32. The largest absolute Gasteiger partial charge is 0.347 e. The molecule has 1 rings (SSSR count). The van der Waals surface area contributed by atoms with Crippen LogP contribution < -0.4 is 5.32 Å². The molecule has 0 saturated carbocycles. The second-order valence-electron chi connectivity index (χ2n) is 4.88. The Bertz CT molecular complexity index is 291. The Morgan fingerprint density at radius 2 is 1.94 bits per heavy atom. The summed E-state index contributed by atoms with van der Waals surface area (Å²) < 4.78 is 0. The van der Waals surface area contributed by atoms with E-state index in [9.17, 15) is 9.59 Å². The molecule has 1 N–H and O–H groups in total. The van der Waals surface area contributed by atoms with Gasteiger partial charge in [0.2, 0.25) is 11.8 Å². The Morgan fingerprint density at radius 3 is 2.35 bits per heavy atom. The zero-order valence-corrected chi connectivity index (χ0v) is 11.2. The number of amides is 2. The topological polar surface area (TPSA) is 52.7 Å². The fourth-order valence-electron chi connectivity index (χ4n) is 2.03. The molecule has 0 aromatic carbocycles. The minimum Gasteiger partial charge on any atom is -0.347 e. The van der Waals surface area contributed by atoms with Gasteiger partial charge in [0.05, 0.1) is 12.5 Å². The van der Waals surface area contributed by atoms with Gasteiger partial charge in [0, 0.05) is 27.2 Å². The summed E-state index contributed by atoms with van der Waals surface area (Å²) in [5, 5.41) is 3.22. The van der Waals surface area contributed by atoms with Crippen LogP contribution >= 0.6 is 0 Å². The van der Waals surface area contributed by atoms with Crippen molar-refractivity contribution in [2.45, 2.75) is 13.8 Å². The van der Waals surface area contributed by atoms with Gasteiger partial charge in [-0.05, 0) is 19.4 Å². The first-order valence-corrected chi connectivity index (χ1v) is 6.17. The molecule has 0 aliphatic carbocycles. The van der Waals surface area contributed by atoms with Crippen LogP contribution in [0.4, 0.5) is 0 Å². The SMILES string of the molecule is CCN(CC(=O)N(C)C)C(=O)[C@@H]1CNC[C@H]1C. The molecular weight excluding hydrogens is 218 g/mol. The smallest absolute Gasteiger partial charge is 0.241 e. The summed E-state index contributed by atoms with van der Waals surface area (Å²) in [6.07, 6.45) is 0. The van der Waals surface area contributed by atoms with Crippen molar-refractivity contribution in [2.24, 2.45) is 11.8 Å². The maximum Gasteiger partial charge on any atom is 0.241 e. The fraction of sp³-hybridized carbons (Fsp3) is 0.833. The molecule has 1 aliphatic heterocycles.